The highest BCUT2D eigenvalue weighted by molar-refractivity contribution is 6.18. The van der Waals surface area contributed by atoms with E-state index < -0.39 is 36.6 Å². The van der Waals surface area contributed by atoms with Crippen LogP contribution >= 0.6 is 11.6 Å². The third-order valence-corrected chi connectivity index (χ3v) is 2.88. The molecule has 0 aromatic carbocycles. The Labute approximate surface area is 123 Å². The number of aromatic nitrogens is 2. The first-order valence-corrected chi connectivity index (χ1v) is 6.38. The first-order chi connectivity index (χ1) is 10.1. The average Bonchev–Trinajstić information content (AvgIpc) is 2.48. The summed E-state index contributed by atoms with van der Waals surface area (Å²) in [5, 5.41) is 21.1. The van der Waals surface area contributed by atoms with Crippen molar-refractivity contribution >= 4 is 11.6 Å². The number of hydrogen-bond donors (Lipinski definition) is 3. The van der Waals surface area contributed by atoms with Gasteiger partial charge in [-0.25, -0.2) is 4.79 Å². The van der Waals surface area contributed by atoms with Crippen molar-refractivity contribution < 1.29 is 14.9 Å². The molecule has 3 N–H and O–H groups in total. The van der Waals surface area contributed by atoms with Crippen LogP contribution in [0.3, 0.4) is 0 Å². The van der Waals surface area contributed by atoms with Gasteiger partial charge in [-0.05, 0) is 5.53 Å². The molecule has 1 aromatic rings. The number of halogens is 1. The molecule has 0 amide bonds. The Morgan fingerprint density at radius 2 is 2.14 bits per heavy atom. The normalized spacial score (nSPS) is 12.2. The quantitative estimate of drug-likeness (QED) is 0.254. The zero-order chi connectivity index (χ0) is 15.8. The van der Waals surface area contributed by atoms with Crippen LogP contribution in [0.4, 0.5) is 0 Å². The van der Waals surface area contributed by atoms with E-state index in [0.29, 0.717) is 0 Å². The van der Waals surface area contributed by atoms with Gasteiger partial charge in [-0.15, -0.1) is 11.6 Å². The van der Waals surface area contributed by atoms with Crippen LogP contribution in [0.2, 0.25) is 0 Å². The van der Waals surface area contributed by atoms with E-state index in [1.165, 1.54) is 0 Å². The van der Waals surface area contributed by atoms with E-state index in [0.717, 1.165) is 10.8 Å². The molecular formula is C10H14ClN5O5. The summed E-state index contributed by atoms with van der Waals surface area (Å²) >= 11 is 5.61. The minimum Gasteiger partial charge on any atom is -0.394 e. The lowest BCUT2D eigenvalue weighted by atomic mass is 10.2. The van der Waals surface area contributed by atoms with Crippen molar-refractivity contribution in [2.45, 2.75) is 18.9 Å². The Bertz CT molecular complexity index is 619. The Balaban J connectivity index is 3.08. The van der Waals surface area contributed by atoms with Crippen molar-refractivity contribution in [1.82, 2.24) is 9.55 Å². The summed E-state index contributed by atoms with van der Waals surface area (Å²) < 4.78 is 6.08. The monoisotopic (exact) mass is 319 g/mol. The van der Waals surface area contributed by atoms with Crippen molar-refractivity contribution in [2.24, 2.45) is 5.11 Å². The van der Waals surface area contributed by atoms with Crippen LogP contribution in [-0.4, -0.2) is 45.0 Å². The molecule has 1 heterocycles. The standard InChI is InChI=1S/C10H14ClN5O5/c11-1-8(14-15-12)7-2-16(10(20)13-9(7)19)5-21-6(3-17)4-18/h2,6,8,17-18H,1,3-5H2,(H,13,19,20). The number of nitrogens with one attached hydrogen (secondary N) is 1. The predicted octanol–water partition coefficient (Wildman–Crippen LogP) is -0.546. The second-order valence-electron chi connectivity index (χ2n) is 3.97. The predicted molar refractivity (Wildman–Crippen MR) is 73.0 cm³/mol. The minimum atomic E-state index is -0.932. The van der Waals surface area contributed by atoms with Gasteiger partial charge in [0, 0.05) is 22.6 Å². The Kier molecular flexibility index (Phi) is 6.92. The Hall–Kier alpha value is -1.84. The maximum atomic E-state index is 11.7. The van der Waals surface area contributed by atoms with E-state index in [1.807, 2.05) is 4.98 Å². The van der Waals surface area contributed by atoms with Crippen LogP contribution in [0.1, 0.15) is 11.6 Å². The highest BCUT2D eigenvalue weighted by Crippen LogP contribution is 2.14. The highest BCUT2D eigenvalue weighted by atomic mass is 35.5. The lowest BCUT2D eigenvalue weighted by Crippen LogP contribution is -2.35. The second kappa shape index (κ2) is 8.45. The fourth-order valence-corrected chi connectivity index (χ4v) is 1.67. The number of aliphatic hydroxyl groups is 2. The average molecular weight is 320 g/mol. The summed E-state index contributed by atoms with van der Waals surface area (Å²) in [5.41, 5.74) is 6.98. The largest absolute Gasteiger partial charge is 0.394 e. The van der Waals surface area contributed by atoms with Crippen molar-refractivity contribution in [3.8, 4) is 0 Å². The van der Waals surface area contributed by atoms with E-state index in [1.54, 1.807) is 0 Å². The molecular weight excluding hydrogens is 306 g/mol. The molecule has 1 unspecified atom stereocenters. The van der Waals surface area contributed by atoms with Crippen molar-refractivity contribution in [2.75, 3.05) is 19.1 Å². The van der Waals surface area contributed by atoms with Gasteiger partial charge < -0.3 is 14.9 Å². The Morgan fingerprint density at radius 1 is 1.48 bits per heavy atom. The number of ether oxygens (including phenoxy) is 1. The van der Waals surface area contributed by atoms with Crippen LogP contribution < -0.4 is 11.2 Å². The molecule has 21 heavy (non-hydrogen) atoms. The summed E-state index contributed by atoms with van der Waals surface area (Å²) in [6, 6.07) is -0.932. The molecule has 0 aliphatic heterocycles. The summed E-state index contributed by atoms with van der Waals surface area (Å²) in [6.45, 7) is -1.16. The van der Waals surface area contributed by atoms with Gasteiger partial charge >= 0.3 is 5.69 Å². The van der Waals surface area contributed by atoms with Gasteiger partial charge in [0.1, 0.15) is 12.8 Å². The molecule has 1 aromatic heterocycles. The first kappa shape index (κ1) is 17.2. The summed E-state index contributed by atoms with van der Waals surface area (Å²) in [6.07, 6.45) is 0.308. The Morgan fingerprint density at radius 3 is 2.67 bits per heavy atom. The molecule has 0 radical (unpaired) electrons. The van der Waals surface area contributed by atoms with Gasteiger partial charge in [0.15, 0.2) is 0 Å². The minimum absolute atomic E-state index is 0.00977. The molecule has 1 atom stereocenters. The van der Waals surface area contributed by atoms with Gasteiger partial charge in [-0.2, -0.15) is 0 Å². The molecule has 10 nitrogen and oxygen atoms in total. The van der Waals surface area contributed by atoms with Crippen molar-refractivity contribution in [3.63, 3.8) is 0 Å². The lowest BCUT2D eigenvalue weighted by Gasteiger charge is -2.15. The van der Waals surface area contributed by atoms with E-state index in [-0.39, 0.29) is 18.2 Å². The number of rotatable bonds is 8. The van der Waals surface area contributed by atoms with Gasteiger partial charge in [-0.3, -0.25) is 14.3 Å². The number of hydrogen-bond acceptors (Lipinski definition) is 6. The topological polar surface area (TPSA) is 153 Å². The highest BCUT2D eigenvalue weighted by Gasteiger charge is 2.15. The smallest absolute Gasteiger partial charge is 0.330 e. The maximum absolute atomic E-state index is 11.7. The fourth-order valence-electron chi connectivity index (χ4n) is 1.45. The SMILES string of the molecule is [N-]=[N+]=NC(CCl)c1cn(COC(CO)CO)c(=O)[nH]c1=O. The van der Waals surface area contributed by atoms with E-state index in [9.17, 15) is 9.59 Å². The lowest BCUT2D eigenvalue weighted by molar-refractivity contribution is -0.0513. The molecule has 0 aliphatic carbocycles. The summed E-state index contributed by atoms with van der Waals surface area (Å²) in [7, 11) is 0. The zero-order valence-corrected chi connectivity index (χ0v) is 11.6. The first-order valence-electron chi connectivity index (χ1n) is 5.84. The zero-order valence-electron chi connectivity index (χ0n) is 10.8. The van der Waals surface area contributed by atoms with Crippen LogP contribution in [0.25, 0.3) is 10.4 Å². The van der Waals surface area contributed by atoms with Crippen molar-refractivity contribution in [3.05, 3.63) is 43.0 Å². The van der Waals surface area contributed by atoms with Gasteiger partial charge in [0.2, 0.25) is 0 Å². The fraction of sp³-hybridized carbons (Fsp3) is 0.600. The van der Waals surface area contributed by atoms with Crippen LogP contribution in [0.15, 0.2) is 20.9 Å². The third kappa shape index (κ3) is 4.59. The van der Waals surface area contributed by atoms with Crippen molar-refractivity contribution in [1.29, 1.82) is 0 Å². The number of H-pyrrole nitrogens is 1. The van der Waals surface area contributed by atoms with Gasteiger partial charge in [0.05, 0.1) is 19.3 Å². The number of alkyl halides is 1. The molecule has 0 spiro atoms. The van der Waals surface area contributed by atoms with Crippen LogP contribution in [-0.2, 0) is 11.5 Å². The third-order valence-electron chi connectivity index (χ3n) is 2.59. The molecule has 0 saturated carbocycles. The molecule has 0 bridgehead atoms. The molecule has 0 saturated heterocycles. The summed E-state index contributed by atoms with van der Waals surface area (Å²) in [5.74, 6) is -0.137. The number of aliphatic hydroxyl groups excluding tert-OH is 2. The molecule has 1 rings (SSSR count). The number of azide groups is 1. The van der Waals surface area contributed by atoms with Gasteiger partial charge in [0.25, 0.3) is 5.56 Å². The van der Waals surface area contributed by atoms with E-state index >= 15 is 0 Å². The summed E-state index contributed by atoms with van der Waals surface area (Å²) in [4.78, 5) is 27.9. The van der Waals surface area contributed by atoms with E-state index in [2.05, 4.69) is 10.0 Å². The van der Waals surface area contributed by atoms with Gasteiger partial charge in [-0.1, -0.05) is 5.11 Å². The number of nitrogens with zero attached hydrogens (tertiary/aromatic N) is 4. The van der Waals surface area contributed by atoms with Crippen LogP contribution in [0, 0.1) is 0 Å². The molecule has 11 heteroatoms. The van der Waals surface area contributed by atoms with E-state index in [4.69, 9.17) is 32.1 Å². The number of aromatic amines is 1. The maximum Gasteiger partial charge on any atom is 0.330 e. The molecule has 0 aliphatic rings. The van der Waals surface area contributed by atoms with Crippen LogP contribution in [0.5, 0.6) is 0 Å². The molecule has 116 valence electrons. The molecule has 0 fully saturated rings. The second-order valence-corrected chi connectivity index (χ2v) is 4.28.